The number of nitrogens with zero attached hydrogens (tertiary/aromatic N) is 5. The van der Waals surface area contributed by atoms with Gasteiger partial charge in [-0.05, 0) is 24.6 Å². The molecular weight excluding hydrogens is 481 g/mol. The first-order valence-corrected chi connectivity index (χ1v) is 11.4. The Morgan fingerprint density at radius 1 is 1.29 bits per heavy atom. The van der Waals surface area contributed by atoms with Crippen molar-refractivity contribution in [2.45, 2.75) is 18.9 Å². The highest BCUT2D eigenvalue weighted by molar-refractivity contribution is 6.36. The predicted octanol–water partition coefficient (Wildman–Crippen LogP) is 2.84. The average molecular weight is 502 g/mol. The van der Waals surface area contributed by atoms with Crippen molar-refractivity contribution in [2.24, 2.45) is 0 Å². The molecule has 0 radical (unpaired) electrons. The molecule has 12 heteroatoms. The molecular formula is C22H21Cl2N7O3. The number of anilines is 2. The maximum Gasteiger partial charge on any atom is 0.253 e. The Morgan fingerprint density at radius 3 is 2.94 bits per heavy atom. The van der Waals surface area contributed by atoms with Crippen LogP contribution >= 0.6 is 23.2 Å². The van der Waals surface area contributed by atoms with Gasteiger partial charge >= 0.3 is 0 Å². The van der Waals surface area contributed by atoms with Crippen LogP contribution in [0.4, 0.5) is 11.6 Å². The lowest BCUT2D eigenvalue weighted by atomic mass is 10.1. The number of hydrogen-bond donors (Lipinski definition) is 3. The molecule has 0 spiro atoms. The molecule has 1 aliphatic rings. The minimum absolute atomic E-state index is 0.0287. The van der Waals surface area contributed by atoms with Crippen LogP contribution in [0.2, 0.25) is 10.0 Å². The second-order valence-corrected chi connectivity index (χ2v) is 8.83. The molecule has 10 nitrogen and oxygen atoms in total. The largest absolute Gasteiger partial charge is 0.396 e. The molecule has 0 saturated carbocycles. The number of halogens is 2. The van der Waals surface area contributed by atoms with Crippen molar-refractivity contribution < 1.29 is 14.4 Å². The van der Waals surface area contributed by atoms with Crippen molar-refractivity contribution in [3.63, 3.8) is 0 Å². The van der Waals surface area contributed by atoms with Crippen LogP contribution in [0.1, 0.15) is 22.5 Å². The molecule has 0 aliphatic carbocycles. The number of carbonyl (C=O) groups is 1. The maximum absolute atomic E-state index is 12.9. The van der Waals surface area contributed by atoms with Crippen LogP contribution in [-0.4, -0.2) is 56.4 Å². The van der Waals surface area contributed by atoms with Crippen LogP contribution in [0.15, 0.2) is 41.4 Å². The standard InChI is InChI=1S/C22H21Cl2N7O3/c23-16-7-14(31-9-12(4-6-32)27-11-31)1-2-15(16)22(33)28-13-3-5-30(10-13)21-19-18(17(24)8-26-21)20(25)29-34-19/h1-2,7-9,11,13,32H,3-6,10H2,(H2,25,29)(H,28,33). The molecule has 4 heterocycles. The lowest BCUT2D eigenvalue weighted by molar-refractivity contribution is 0.0940. The fraction of sp³-hybridized carbons (Fsp3) is 0.273. The SMILES string of the molecule is Nc1noc2c(N3CCC(NC(=O)c4ccc(-n5cnc(CCO)c5)cc4Cl)C3)ncc(Cl)c12. The number of fused-ring (bicyclic) bond motifs is 1. The lowest BCUT2D eigenvalue weighted by Gasteiger charge is -2.18. The van der Waals surface area contributed by atoms with Gasteiger partial charge in [-0.15, -0.1) is 0 Å². The zero-order valence-corrected chi connectivity index (χ0v) is 19.4. The molecule has 1 atom stereocenters. The zero-order valence-electron chi connectivity index (χ0n) is 17.9. The van der Waals surface area contributed by atoms with Gasteiger partial charge < -0.3 is 30.1 Å². The molecule has 4 aromatic rings. The summed E-state index contributed by atoms with van der Waals surface area (Å²) in [7, 11) is 0. The monoisotopic (exact) mass is 501 g/mol. The van der Waals surface area contributed by atoms with Crippen molar-refractivity contribution in [3.8, 4) is 5.69 Å². The minimum atomic E-state index is -0.256. The number of nitrogens with two attached hydrogens (primary N) is 1. The van der Waals surface area contributed by atoms with Crippen molar-refractivity contribution in [1.82, 2.24) is 25.0 Å². The summed E-state index contributed by atoms with van der Waals surface area (Å²) in [5, 5.41) is 17.1. The van der Waals surface area contributed by atoms with E-state index in [4.69, 9.17) is 38.6 Å². The molecule has 3 aromatic heterocycles. The Hall–Kier alpha value is -3.34. The van der Waals surface area contributed by atoms with Crippen molar-refractivity contribution in [1.29, 1.82) is 0 Å². The van der Waals surface area contributed by atoms with Gasteiger partial charge in [-0.1, -0.05) is 28.4 Å². The number of aliphatic hydroxyl groups excluding tert-OH is 1. The highest BCUT2D eigenvalue weighted by atomic mass is 35.5. The van der Waals surface area contributed by atoms with E-state index in [1.165, 1.54) is 6.20 Å². The van der Waals surface area contributed by atoms with E-state index in [0.29, 0.717) is 51.9 Å². The van der Waals surface area contributed by atoms with Crippen LogP contribution in [0, 0.1) is 0 Å². The van der Waals surface area contributed by atoms with Crippen LogP contribution in [0.25, 0.3) is 16.7 Å². The number of nitrogen functional groups attached to an aromatic ring is 1. The van der Waals surface area contributed by atoms with Crippen LogP contribution < -0.4 is 16.0 Å². The zero-order chi connectivity index (χ0) is 23.8. The van der Waals surface area contributed by atoms with E-state index in [-0.39, 0.29) is 24.4 Å². The van der Waals surface area contributed by atoms with Gasteiger partial charge in [0.1, 0.15) is 0 Å². The van der Waals surface area contributed by atoms with E-state index in [9.17, 15) is 4.79 Å². The third-order valence-corrected chi connectivity index (χ3v) is 6.38. The summed E-state index contributed by atoms with van der Waals surface area (Å²) in [6, 6.07) is 5.09. The Morgan fingerprint density at radius 2 is 2.15 bits per heavy atom. The third-order valence-electron chi connectivity index (χ3n) is 5.78. The Kier molecular flexibility index (Phi) is 6.03. The highest BCUT2D eigenvalue weighted by Crippen LogP contribution is 2.35. The van der Waals surface area contributed by atoms with Crippen LogP contribution in [0.5, 0.6) is 0 Å². The summed E-state index contributed by atoms with van der Waals surface area (Å²) in [6.07, 6.45) is 6.18. The van der Waals surface area contributed by atoms with E-state index < -0.39 is 0 Å². The molecule has 1 fully saturated rings. The van der Waals surface area contributed by atoms with Gasteiger partial charge in [0.2, 0.25) is 5.58 Å². The van der Waals surface area contributed by atoms with Gasteiger partial charge in [0.05, 0.1) is 33.0 Å². The molecule has 5 rings (SSSR count). The van der Waals surface area contributed by atoms with Crippen molar-refractivity contribution >= 4 is 51.7 Å². The normalized spacial score (nSPS) is 15.9. The van der Waals surface area contributed by atoms with Gasteiger partial charge in [-0.3, -0.25) is 4.79 Å². The summed E-state index contributed by atoms with van der Waals surface area (Å²) in [5.41, 5.74) is 8.21. The first kappa shape index (κ1) is 22.5. The van der Waals surface area contributed by atoms with Gasteiger partial charge in [0, 0.05) is 50.2 Å². The van der Waals surface area contributed by atoms with Gasteiger partial charge in [-0.25, -0.2) is 9.97 Å². The molecule has 1 unspecified atom stereocenters. The van der Waals surface area contributed by atoms with Crippen molar-refractivity contribution in [3.05, 3.63) is 58.2 Å². The summed E-state index contributed by atoms with van der Waals surface area (Å²) in [6.45, 7) is 1.23. The number of imidazole rings is 1. The quantitative estimate of drug-likeness (QED) is 0.366. The second kappa shape index (κ2) is 9.13. The molecule has 176 valence electrons. The van der Waals surface area contributed by atoms with Crippen LogP contribution in [-0.2, 0) is 6.42 Å². The van der Waals surface area contributed by atoms with E-state index in [1.54, 1.807) is 29.1 Å². The maximum atomic E-state index is 12.9. The van der Waals surface area contributed by atoms with E-state index in [2.05, 4.69) is 20.4 Å². The molecule has 1 aromatic carbocycles. The molecule has 34 heavy (non-hydrogen) atoms. The Labute approximate surface area is 204 Å². The number of rotatable bonds is 6. The van der Waals surface area contributed by atoms with E-state index >= 15 is 0 Å². The smallest absolute Gasteiger partial charge is 0.253 e. The summed E-state index contributed by atoms with van der Waals surface area (Å²) >= 11 is 12.6. The number of amides is 1. The lowest BCUT2D eigenvalue weighted by Crippen LogP contribution is -2.37. The molecule has 1 aliphatic heterocycles. The summed E-state index contributed by atoms with van der Waals surface area (Å²) < 4.78 is 7.15. The molecule has 1 amide bonds. The fourth-order valence-corrected chi connectivity index (χ4v) is 4.57. The second-order valence-electron chi connectivity index (χ2n) is 8.02. The van der Waals surface area contributed by atoms with Gasteiger partial charge in [-0.2, -0.15) is 0 Å². The summed E-state index contributed by atoms with van der Waals surface area (Å²) in [5.74, 6) is 0.544. The van der Waals surface area contributed by atoms with Crippen molar-refractivity contribution in [2.75, 3.05) is 30.3 Å². The number of pyridine rings is 1. The van der Waals surface area contributed by atoms with Crippen LogP contribution in [0.3, 0.4) is 0 Å². The van der Waals surface area contributed by atoms with E-state index in [0.717, 1.165) is 17.8 Å². The number of carbonyl (C=O) groups excluding carboxylic acids is 1. The number of nitrogens with one attached hydrogen (secondary N) is 1. The number of hydrogen-bond acceptors (Lipinski definition) is 8. The van der Waals surface area contributed by atoms with Gasteiger partial charge in [0.25, 0.3) is 5.91 Å². The number of aliphatic hydroxyl groups is 1. The minimum Gasteiger partial charge on any atom is -0.396 e. The highest BCUT2D eigenvalue weighted by Gasteiger charge is 2.29. The topological polar surface area (TPSA) is 135 Å². The first-order chi connectivity index (χ1) is 16.4. The van der Waals surface area contributed by atoms with Gasteiger partial charge in [0.15, 0.2) is 11.6 Å². The fourth-order valence-electron chi connectivity index (χ4n) is 4.08. The number of benzene rings is 1. The Balaban J connectivity index is 1.28. The van der Waals surface area contributed by atoms with E-state index in [1.807, 2.05) is 11.1 Å². The average Bonchev–Trinajstić information content (AvgIpc) is 3.55. The predicted molar refractivity (Wildman–Crippen MR) is 129 cm³/mol. The molecule has 1 saturated heterocycles. The third kappa shape index (κ3) is 4.15. The molecule has 4 N–H and O–H groups in total. The number of aromatic nitrogens is 4. The molecule has 0 bridgehead atoms. The Bertz CT molecular complexity index is 1370. The first-order valence-electron chi connectivity index (χ1n) is 10.6. The summed E-state index contributed by atoms with van der Waals surface area (Å²) in [4.78, 5) is 23.6.